The molecule has 0 aromatic heterocycles. The molecule has 1 aliphatic rings. The third-order valence-corrected chi connectivity index (χ3v) is 4.79. The molecular weight excluding hydrogens is 412 g/mol. The third-order valence-electron chi connectivity index (χ3n) is 4.79. The fraction of sp³-hybridized carbons (Fsp3) is 0.304. The van der Waals surface area contributed by atoms with Crippen LogP contribution in [0.25, 0.3) is 0 Å². The number of nitrogen functional groups attached to an aromatic ring is 1. The van der Waals surface area contributed by atoms with E-state index in [0.717, 1.165) is 23.6 Å². The molecule has 0 bridgehead atoms. The van der Waals surface area contributed by atoms with Crippen LogP contribution >= 0.6 is 0 Å². The molecule has 32 heavy (non-hydrogen) atoms. The molecular formula is C23H28N4O5. The Labute approximate surface area is 186 Å². The highest BCUT2D eigenvalue weighted by Gasteiger charge is 2.37. The minimum Gasteiger partial charge on any atom is -0.481 e. The largest absolute Gasteiger partial charge is 0.481 e. The van der Waals surface area contributed by atoms with Crippen LogP contribution in [0.15, 0.2) is 42.5 Å². The summed E-state index contributed by atoms with van der Waals surface area (Å²) < 4.78 is 5.62. The van der Waals surface area contributed by atoms with E-state index in [0.29, 0.717) is 24.3 Å². The van der Waals surface area contributed by atoms with E-state index < -0.39 is 12.2 Å². The Morgan fingerprint density at radius 1 is 1.25 bits per heavy atom. The monoisotopic (exact) mass is 440 g/mol. The van der Waals surface area contributed by atoms with Gasteiger partial charge >= 0.3 is 0 Å². The van der Waals surface area contributed by atoms with Gasteiger partial charge < -0.3 is 25.8 Å². The number of hydrogen-bond donors (Lipinski definition) is 4. The van der Waals surface area contributed by atoms with Crippen LogP contribution in [0.3, 0.4) is 0 Å². The van der Waals surface area contributed by atoms with E-state index in [-0.39, 0.29) is 24.2 Å². The Morgan fingerprint density at radius 3 is 2.41 bits per heavy atom. The molecule has 1 atom stereocenters. The van der Waals surface area contributed by atoms with Crippen molar-refractivity contribution in [1.82, 2.24) is 10.2 Å². The Hall–Kier alpha value is -3.72. The molecule has 2 amide bonds. The first-order chi connectivity index (χ1) is 15.1. The van der Waals surface area contributed by atoms with Gasteiger partial charge in [-0.25, -0.2) is 0 Å². The summed E-state index contributed by atoms with van der Waals surface area (Å²) in [4.78, 5) is 36.0. The number of hydrogen-bond acceptors (Lipinski definition) is 5. The zero-order valence-electron chi connectivity index (χ0n) is 18.3. The van der Waals surface area contributed by atoms with Crippen molar-refractivity contribution >= 4 is 23.6 Å². The van der Waals surface area contributed by atoms with Crippen LogP contribution in [0.5, 0.6) is 0 Å². The van der Waals surface area contributed by atoms with Gasteiger partial charge in [-0.3, -0.25) is 19.8 Å². The number of carboxylic acid groups (broad SMARTS) is 1. The zero-order chi connectivity index (χ0) is 23.8. The molecule has 9 nitrogen and oxygen atoms in total. The average Bonchev–Trinajstić information content (AvgIpc) is 3.08. The van der Waals surface area contributed by atoms with Gasteiger partial charge in [0.05, 0.1) is 6.54 Å². The van der Waals surface area contributed by atoms with Gasteiger partial charge in [-0.2, -0.15) is 0 Å². The van der Waals surface area contributed by atoms with Gasteiger partial charge in [0.1, 0.15) is 5.84 Å². The number of fused-ring (bicyclic) bond motifs is 1. The molecule has 0 aliphatic carbocycles. The maximum absolute atomic E-state index is 12.8. The second-order valence-electron chi connectivity index (χ2n) is 7.19. The Kier molecular flexibility index (Phi) is 8.48. The number of amides is 2. The van der Waals surface area contributed by atoms with Gasteiger partial charge in [0, 0.05) is 31.2 Å². The highest BCUT2D eigenvalue weighted by molar-refractivity contribution is 6.01. The van der Waals surface area contributed by atoms with Crippen LogP contribution < -0.4 is 11.1 Å². The van der Waals surface area contributed by atoms with E-state index in [1.165, 1.54) is 4.90 Å². The molecule has 170 valence electrons. The fourth-order valence-corrected chi connectivity index (χ4v) is 3.24. The normalized spacial score (nSPS) is 13.0. The van der Waals surface area contributed by atoms with Crippen molar-refractivity contribution in [3.05, 3.63) is 70.3 Å². The molecule has 0 radical (unpaired) electrons. The van der Waals surface area contributed by atoms with Crippen molar-refractivity contribution in [1.29, 1.82) is 5.41 Å². The standard InChI is InChI=1S/C21H24N4O3.C2H4O2/c1-3-28-21(25-12-17-13(2)5-4-6-16(17)20(25)27)19(26)24-11-14-7-9-15(10-8-14)18(22)23;1-2(3)4/h4-10,21H,3,11-12H2,1-2H3,(H3,22,23)(H,24,26);1H3,(H,3,4). The molecule has 3 rings (SSSR count). The first-order valence-corrected chi connectivity index (χ1v) is 10.1. The second-order valence-corrected chi connectivity index (χ2v) is 7.19. The van der Waals surface area contributed by atoms with Crippen molar-refractivity contribution in [3.8, 4) is 0 Å². The average molecular weight is 441 g/mol. The minimum atomic E-state index is -0.985. The van der Waals surface area contributed by atoms with Gasteiger partial charge in [-0.15, -0.1) is 0 Å². The van der Waals surface area contributed by atoms with E-state index in [1.54, 1.807) is 37.3 Å². The van der Waals surface area contributed by atoms with Crippen molar-refractivity contribution in [2.75, 3.05) is 6.61 Å². The van der Waals surface area contributed by atoms with Crippen LogP contribution in [0.1, 0.15) is 46.5 Å². The maximum atomic E-state index is 12.8. The highest BCUT2D eigenvalue weighted by Crippen LogP contribution is 2.27. The first-order valence-electron chi connectivity index (χ1n) is 10.1. The number of amidine groups is 1. The van der Waals surface area contributed by atoms with Gasteiger partial charge in [0.25, 0.3) is 17.8 Å². The summed E-state index contributed by atoms with van der Waals surface area (Å²) in [5, 5.41) is 17.7. The summed E-state index contributed by atoms with van der Waals surface area (Å²) in [7, 11) is 0. The Balaban J connectivity index is 0.000000837. The van der Waals surface area contributed by atoms with Crippen molar-refractivity contribution in [2.24, 2.45) is 5.73 Å². The molecule has 1 heterocycles. The van der Waals surface area contributed by atoms with Crippen LogP contribution in [0.2, 0.25) is 0 Å². The van der Waals surface area contributed by atoms with E-state index in [4.69, 9.17) is 25.8 Å². The van der Waals surface area contributed by atoms with Gasteiger partial charge in [-0.05, 0) is 36.6 Å². The molecule has 9 heteroatoms. The van der Waals surface area contributed by atoms with Crippen molar-refractivity contribution < 1.29 is 24.2 Å². The first kappa shape index (κ1) is 24.5. The molecule has 0 spiro atoms. The number of ether oxygens (including phenoxy) is 1. The maximum Gasteiger partial charge on any atom is 0.300 e. The molecule has 1 unspecified atom stereocenters. The number of nitrogens with two attached hydrogens (primary N) is 1. The predicted octanol–water partition coefficient (Wildman–Crippen LogP) is 2.00. The quantitative estimate of drug-likeness (QED) is 0.383. The number of aliphatic carboxylic acids is 1. The van der Waals surface area contributed by atoms with Crippen molar-refractivity contribution in [3.63, 3.8) is 0 Å². The second kappa shape index (κ2) is 11.1. The summed E-state index contributed by atoms with van der Waals surface area (Å²) in [6.07, 6.45) is -0.985. The van der Waals surface area contributed by atoms with E-state index in [2.05, 4.69) is 5.32 Å². The van der Waals surface area contributed by atoms with E-state index >= 15 is 0 Å². The Bertz CT molecular complexity index is 1000. The van der Waals surface area contributed by atoms with Crippen LogP contribution in [-0.2, 0) is 27.4 Å². The zero-order valence-corrected chi connectivity index (χ0v) is 18.3. The van der Waals surface area contributed by atoms with Crippen LogP contribution in [-0.4, -0.2) is 46.5 Å². The molecule has 0 saturated carbocycles. The number of aryl methyl sites for hydroxylation is 1. The molecule has 0 saturated heterocycles. The molecule has 2 aromatic carbocycles. The number of carbonyl (C=O) groups is 3. The van der Waals surface area contributed by atoms with Gasteiger partial charge in [0.2, 0.25) is 6.23 Å². The predicted molar refractivity (Wildman–Crippen MR) is 119 cm³/mol. The Morgan fingerprint density at radius 2 is 1.88 bits per heavy atom. The summed E-state index contributed by atoms with van der Waals surface area (Å²) in [5.74, 6) is -1.40. The summed E-state index contributed by atoms with van der Waals surface area (Å²) in [6.45, 7) is 5.78. The van der Waals surface area contributed by atoms with Crippen LogP contribution in [0, 0.1) is 12.3 Å². The number of carboxylic acids is 1. The lowest BCUT2D eigenvalue weighted by molar-refractivity contribution is -0.143. The number of nitrogens with zero attached hydrogens (tertiary/aromatic N) is 1. The van der Waals surface area contributed by atoms with E-state index in [9.17, 15) is 9.59 Å². The fourth-order valence-electron chi connectivity index (χ4n) is 3.24. The highest BCUT2D eigenvalue weighted by atomic mass is 16.5. The van der Waals surface area contributed by atoms with Crippen molar-refractivity contribution in [2.45, 2.75) is 40.1 Å². The molecule has 2 aromatic rings. The lowest BCUT2D eigenvalue weighted by Gasteiger charge is -2.26. The topological polar surface area (TPSA) is 146 Å². The summed E-state index contributed by atoms with van der Waals surface area (Å²) in [5.41, 5.74) is 9.51. The number of benzene rings is 2. The third kappa shape index (κ3) is 6.14. The molecule has 1 aliphatic heterocycles. The smallest absolute Gasteiger partial charge is 0.300 e. The van der Waals surface area contributed by atoms with Gasteiger partial charge in [-0.1, -0.05) is 36.4 Å². The molecule has 0 fully saturated rings. The number of nitrogens with one attached hydrogen (secondary N) is 2. The lowest BCUT2D eigenvalue weighted by Crippen LogP contribution is -2.48. The summed E-state index contributed by atoms with van der Waals surface area (Å²) >= 11 is 0. The van der Waals surface area contributed by atoms with E-state index in [1.807, 2.05) is 19.1 Å². The number of rotatable bonds is 7. The number of carbonyl (C=O) groups excluding carboxylic acids is 2. The molecule has 5 N–H and O–H groups in total. The summed E-state index contributed by atoms with van der Waals surface area (Å²) in [6, 6.07) is 12.6. The SMILES string of the molecule is CC(=O)O.CCOC(C(=O)NCc1ccc(C(=N)N)cc1)N1Cc2c(C)cccc2C1=O. The van der Waals surface area contributed by atoms with Crippen LogP contribution in [0.4, 0.5) is 0 Å². The van der Waals surface area contributed by atoms with Gasteiger partial charge in [0.15, 0.2) is 0 Å². The lowest BCUT2D eigenvalue weighted by atomic mass is 10.1. The minimum absolute atomic E-state index is 0.00518.